The topological polar surface area (TPSA) is 59.4 Å². The van der Waals surface area contributed by atoms with E-state index in [1.807, 2.05) is 25.1 Å². The monoisotopic (exact) mass is 271 g/mol. The van der Waals surface area contributed by atoms with E-state index in [9.17, 15) is 9.90 Å². The summed E-state index contributed by atoms with van der Waals surface area (Å²) in [5.74, 6) is -0.288. The van der Waals surface area contributed by atoms with E-state index in [2.05, 4.69) is 11.9 Å². The maximum absolute atomic E-state index is 11.3. The van der Waals surface area contributed by atoms with E-state index in [1.165, 1.54) is 0 Å². The van der Waals surface area contributed by atoms with Gasteiger partial charge in [0.05, 0.1) is 0 Å². The highest BCUT2D eigenvalue weighted by Crippen LogP contribution is 2.27. The molecule has 0 spiro atoms. The molecule has 4 heteroatoms. The van der Waals surface area contributed by atoms with Crippen molar-refractivity contribution in [1.29, 1.82) is 0 Å². The first kappa shape index (κ1) is 14.1. The molecule has 1 N–H and O–H groups in total. The summed E-state index contributed by atoms with van der Waals surface area (Å²) in [5, 5.41) is 9.30. The Hall–Kier alpha value is -2.36. The minimum absolute atomic E-state index is 0.109. The highest BCUT2D eigenvalue weighted by molar-refractivity contribution is 5.92. The summed E-state index contributed by atoms with van der Waals surface area (Å²) in [6.07, 6.45) is 0.892. The summed E-state index contributed by atoms with van der Waals surface area (Å²) < 4.78 is 5.68. The van der Waals surface area contributed by atoms with Crippen LogP contribution in [0.25, 0.3) is 0 Å². The predicted octanol–water partition coefficient (Wildman–Crippen LogP) is 3.75. The Labute approximate surface area is 118 Å². The van der Waals surface area contributed by atoms with Gasteiger partial charge >= 0.3 is 5.97 Å². The van der Waals surface area contributed by atoms with Crippen molar-refractivity contribution in [1.82, 2.24) is 4.98 Å². The summed E-state index contributed by atoms with van der Waals surface area (Å²) >= 11 is 0. The van der Waals surface area contributed by atoms with Crippen molar-refractivity contribution in [3.05, 3.63) is 52.7 Å². The fraction of sp³-hybridized carbons (Fsp3) is 0.250. The Balaban J connectivity index is 2.44. The van der Waals surface area contributed by atoms with E-state index in [4.69, 9.17) is 4.74 Å². The molecule has 104 valence electrons. The van der Waals surface area contributed by atoms with Crippen molar-refractivity contribution in [2.45, 2.75) is 27.2 Å². The third kappa shape index (κ3) is 2.96. The first-order valence-corrected chi connectivity index (χ1v) is 6.49. The number of carboxylic acids is 1. The number of aromatic nitrogens is 1. The predicted molar refractivity (Wildman–Crippen MR) is 76.6 cm³/mol. The number of aryl methyl sites for hydroxylation is 3. The molecule has 0 amide bonds. The van der Waals surface area contributed by atoms with E-state index in [-0.39, 0.29) is 11.4 Å². The summed E-state index contributed by atoms with van der Waals surface area (Å²) in [4.78, 5) is 15.6. The molecule has 1 aromatic heterocycles. The molecule has 0 aliphatic rings. The highest BCUT2D eigenvalue weighted by Gasteiger charge is 2.17. The van der Waals surface area contributed by atoms with Crippen LogP contribution in [0.3, 0.4) is 0 Å². The summed E-state index contributed by atoms with van der Waals surface area (Å²) in [5.41, 5.74) is 2.61. The van der Waals surface area contributed by atoms with Crippen LogP contribution < -0.4 is 4.74 Å². The number of nitrogens with zero attached hydrogens (tertiary/aromatic N) is 1. The second-order valence-corrected chi connectivity index (χ2v) is 4.67. The van der Waals surface area contributed by atoms with Crippen molar-refractivity contribution in [3.8, 4) is 11.6 Å². The lowest BCUT2D eigenvalue weighted by atomic mass is 10.1. The lowest BCUT2D eigenvalue weighted by Gasteiger charge is -2.11. The second kappa shape index (κ2) is 5.74. The largest absolute Gasteiger partial charge is 0.477 e. The van der Waals surface area contributed by atoms with Gasteiger partial charge in [-0.1, -0.05) is 19.1 Å². The Morgan fingerprint density at radius 1 is 1.30 bits per heavy atom. The van der Waals surface area contributed by atoms with Crippen molar-refractivity contribution >= 4 is 5.97 Å². The number of carboxylic acid groups (broad SMARTS) is 1. The average Bonchev–Trinajstić information content (AvgIpc) is 2.37. The van der Waals surface area contributed by atoms with Gasteiger partial charge in [-0.05, 0) is 49.6 Å². The molecule has 0 fully saturated rings. The number of pyridine rings is 1. The van der Waals surface area contributed by atoms with Crippen molar-refractivity contribution < 1.29 is 14.6 Å². The van der Waals surface area contributed by atoms with E-state index in [0.717, 1.165) is 17.7 Å². The van der Waals surface area contributed by atoms with Crippen LogP contribution in [0.1, 0.15) is 34.1 Å². The molecule has 1 heterocycles. The maximum Gasteiger partial charge on any atom is 0.341 e. The molecule has 20 heavy (non-hydrogen) atoms. The minimum atomic E-state index is -1.03. The molecule has 0 aliphatic heterocycles. The smallest absolute Gasteiger partial charge is 0.341 e. The van der Waals surface area contributed by atoms with Crippen LogP contribution in [0.5, 0.6) is 11.6 Å². The average molecular weight is 271 g/mol. The summed E-state index contributed by atoms with van der Waals surface area (Å²) in [7, 11) is 0. The van der Waals surface area contributed by atoms with E-state index >= 15 is 0 Å². The third-order valence-electron chi connectivity index (χ3n) is 3.05. The van der Waals surface area contributed by atoms with E-state index < -0.39 is 5.97 Å². The van der Waals surface area contributed by atoms with E-state index in [1.54, 1.807) is 19.1 Å². The number of benzene rings is 1. The highest BCUT2D eigenvalue weighted by atomic mass is 16.5. The molecule has 1 aromatic carbocycles. The Bertz CT molecular complexity index is 650. The van der Waals surface area contributed by atoms with Gasteiger partial charge < -0.3 is 9.84 Å². The van der Waals surface area contributed by atoms with Crippen LogP contribution in [0, 0.1) is 13.8 Å². The summed E-state index contributed by atoms with van der Waals surface area (Å²) in [6.45, 7) is 5.61. The molecule has 0 bridgehead atoms. The van der Waals surface area contributed by atoms with Gasteiger partial charge in [0.15, 0.2) is 0 Å². The van der Waals surface area contributed by atoms with Crippen molar-refractivity contribution in [3.63, 3.8) is 0 Å². The number of ether oxygens (including phenoxy) is 1. The first-order chi connectivity index (χ1) is 9.51. The number of carbonyl (C=O) groups is 1. The van der Waals surface area contributed by atoms with Crippen LogP contribution in [-0.2, 0) is 6.42 Å². The number of hydrogen-bond acceptors (Lipinski definition) is 3. The van der Waals surface area contributed by atoms with Gasteiger partial charge in [0.1, 0.15) is 11.3 Å². The van der Waals surface area contributed by atoms with Gasteiger partial charge in [-0.3, -0.25) is 0 Å². The van der Waals surface area contributed by atoms with Crippen LogP contribution in [0.2, 0.25) is 0 Å². The molecule has 0 atom stereocenters. The van der Waals surface area contributed by atoms with Crippen LogP contribution >= 0.6 is 0 Å². The Morgan fingerprint density at radius 2 is 2.05 bits per heavy atom. The maximum atomic E-state index is 11.3. The van der Waals surface area contributed by atoms with Gasteiger partial charge in [-0.2, -0.15) is 0 Å². The molecular weight excluding hydrogens is 254 g/mol. The first-order valence-electron chi connectivity index (χ1n) is 6.49. The van der Waals surface area contributed by atoms with Gasteiger partial charge in [-0.25, -0.2) is 9.78 Å². The van der Waals surface area contributed by atoms with Gasteiger partial charge in [-0.15, -0.1) is 0 Å². The van der Waals surface area contributed by atoms with Crippen LogP contribution in [0.4, 0.5) is 0 Å². The molecule has 0 aliphatic carbocycles. The van der Waals surface area contributed by atoms with Crippen molar-refractivity contribution in [2.75, 3.05) is 0 Å². The molecule has 0 saturated heterocycles. The molecule has 4 nitrogen and oxygen atoms in total. The molecule has 0 saturated carbocycles. The molecular formula is C16H17NO3. The van der Waals surface area contributed by atoms with Gasteiger partial charge in [0.25, 0.3) is 0 Å². The Morgan fingerprint density at radius 3 is 2.70 bits per heavy atom. The standard InChI is InChI=1S/C16H17NO3/c1-4-12-6-5-7-13(9-12)20-15-14(16(18)19)10(2)8-11(3)17-15/h5-9H,4H2,1-3H3,(H,18,19). The van der Waals surface area contributed by atoms with Gasteiger partial charge in [0, 0.05) is 5.69 Å². The fourth-order valence-corrected chi connectivity index (χ4v) is 2.08. The summed E-state index contributed by atoms with van der Waals surface area (Å²) in [6, 6.07) is 9.31. The fourth-order valence-electron chi connectivity index (χ4n) is 2.08. The van der Waals surface area contributed by atoms with Crippen LogP contribution in [0.15, 0.2) is 30.3 Å². The molecule has 0 radical (unpaired) electrons. The molecule has 2 rings (SSSR count). The lowest BCUT2D eigenvalue weighted by Crippen LogP contribution is -2.06. The molecule has 2 aromatic rings. The second-order valence-electron chi connectivity index (χ2n) is 4.67. The minimum Gasteiger partial charge on any atom is -0.477 e. The third-order valence-corrected chi connectivity index (χ3v) is 3.05. The zero-order chi connectivity index (χ0) is 14.7. The van der Waals surface area contributed by atoms with Crippen LogP contribution in [-0.4, -0.2) is 16.1 Å². The van der Waals surface area contributed by atoms with E-state index in [0.29, 0.717) is 11.3 Å². The number of rotatable bonds is 4. The Kier molecular flexibility index (Phi) is 4.03. The van der Waals surface area contributed by atoms with Gasteiger partial charge in [0.2, 0.25) is 5.88 Å². The van der Waals surface area contributed by atoms with Crippen molar-refractivity contribution in [2.24, 2.45) is 0 Å². The lowest BCUT2D eigenvalue weighted by molar-refractivity contribution is 0.0692. The number of hydrogen-bond donors (Lipinski definition) is 1. The molecule has 0 unspecified atom stereocenters. The quantitative estimate of drug-likeness (QED) is 0.920. The zero-order valence-corrected chi connectivity index (χ0v) is 11.8. The SMILES string of the molecule is CCc1cccc(Oc2nc(C)cc(C)c2C(=O)O)c1. The zero-order valence-electron chi connectivity index (χ0n) is 11.8. The normalized spacial score (nSPS) is 10.3. The number of aromatic carboxylic acids is 1.